The Balaban J connectivity index is 1.69. The van der Waals surface area contributed by atoms with Crippen LogP contribution in [0.3, 0.4) is 0 Å². The largest absolute Gasteiger partial charge is 0.345 e. The molecule has 4 rings (SSSR count). The highest BCUT2D eigenvalue weighted by molar-refractivity contribution is 6.30. The number of hydrogen-bond acceptors (Lipinski definition) is 2. The Labute approximate surface area is 198 Å². The third-order valence-electron chi connectivity index (χ3n) is 5.83. The lowest BCUT2D eigenvalue weighted by molar-refractivity contribution is -0.117. The Morgan fingerprint density at radius 2 is 1.73 bits per heavy atom. The van der Waals surface area contributed by atoms with Crippen molar-refractivity contribution >= 4 is 34.5 Å². The van der Waals surface area contributed by atoms with Crippen LogP contribution in [-0.2, 0) is 11.3 Å². The van der Waals surface area contributed by atoms with Crippen molar-refractivity contribution in [1.82, 2.24) is 9.88 Å². The van der Waals surface area contributed by atoms with Gasteiger partial charge in [0.1, 0.15) is 11.6 Å². The maximum atomic E-state index is 12.9. The van der Waals surface area contributed by atoms with Crippen LogP contribution in [0.4, 0.5) is 0 Å². The Bertz CT molecular complexity index is 1360. The van der Waals surface area contributed by atoms with Crippen molar-refractivity contribution in [3.8, 4) is 6.07 Å². The maximum Gasteiger partial charge on any atom is 0.262 e. The topological polar surface area (TPSA) is 57.8 Å². The zero-order valence-corrected chi connectivity index (χ0v) is 19.3. The molecule has 0 aliphatic heterocycles. The molecule has 4 nitrogen and oxygen atoms in total. The molecule has 0 bridgehead atoms. The zero-order valence-electron chi connectivity index (χ0n) is 18.5. The molecule has 0 aliphatic carbocycles. The molecule has 0 unspecified atom stereocenters. The summed E-state index contributed by atoms with van der Waals surface area (Å²) in [6, 6.07) is 27.4. The number of benzene rings is 3. The third kappa shape index (κ3) is 4.84. The van der Waals surface area contributed by atoms with Gasteiger partial charge in [-0.25, -0.2) is 0 Å². The van der Waals surface area contributed by atoms with E-state index in [2.05, 4.69) is 22.0 Å². The number of hydrogen-bond donors (Lipinski definition) is 1. The van der Waals surface area contributed by atoms with Crippen LogP contribution < -0.4 is 5.32 Å². The summed E-state index contributed by atoms with van der Waals surface area (Å²) in [5, 5.41) is 14.4. The van der Waals surface area contributed by atoms with Crippen molar-refractivity contribution in [3.63, 3.8) is 0 Å². The van der Waals surface area contributed by atoms with Crippen molar-refractivity contribution in [1.29, 1.82) is 5.26 Å². The zero-order chi connectivity index (χ0) is 23.4. The van der Waals surface area contributed by atoms with Gasteiger partial charge in [-0.15, -0.1) is 0 Å². The Kier molecular flexibility index (Phi) is 6.63. The highest BCUT2D eigenvalue weighted by Gasteiger charge is 2.17. The van der Waals surface area contributed by atoms with Gasteiger partial charge in [-0.05, 0) is 49.2 Å². The van der Waals surface area contributed by atoms with E-state index in [1.165, 1.54) is 0 Å². The lowest BCUT2D eigenvalue weighted by Crippen LogP contribution is -2.27. The molecule has 3 aromatic carbocycles. The normalized spacial score (nSPS) is 12.4. The number of nitrogens with one attached hydrogen (secondary N) is 1. The van der Waals surface area contributed by atoms with Crippen molar-refractivity contribution in [2.45, 2.75) is 26.4 Å². The van der Waals surface area contributed by atoms with Crippen LogP contribution in [0.5, 0.6) is 0 Å². The second-order valence-electron chi connectivity index (χ2n) is 8.00. The molecule has 1 aromatic heterocycles. The molecule has 0 saturated carbocycles. The highest BCUT2D eigenvalue weighted by atomic mass is 35.5. The molecule has 1 amide bonds. The van der Waals surface area contributed by atoms with E-state index in [-0.39, 0.29) is 17.5 Å². The van der Waals surface area contributed by atoms with Crippen LogP contribution in [0.1, 0.15) is 35.3 Å². The van der Waals surface area contributed by atoms with Crippen LogP contribution in [0.25, 0.3) is 17.0 Å². The standard InChI is InChI=1S/C28H24ClN3O/c1-19(22-8-4-3-5-9-22)31-28(33)23(17-30)16-26-20(2)32(27-11-7-6-10-25(26)27)18-21-12-14-24(29)15-13-21/h3-16,19H,18H2,1-2H3,(H,31,33)/b23-16+/t19-/m0/s1. The van der Waals surface area contributed by atoms with Gasteiger partial charge in [0.05, 0.1) is 6.04 Å². The van der Waals surface area contributed by atoms with E-state index in [1.54, 1.807) is 6.08 Å². The van der Waals surface area contributed by atoms with Crippen molar-refractivity contribution in [3.05, 3.63) is 112 Å². The van der Waals surface area contributed by atoms with E-state index in [9.17, 15) is 10.1 Å². The molecule has 1 atom stereocenters. The fraction of sp³-hybridized carbons (Fsp3) is 0.143. The first kappa shape index (κ1) is 22.4. The summed E-state index contributed by atoms with van der Waals surface area (Å²) in [5.41, 5.74) is 5.09. The van der Waals surface area contributed by atoms with E-state index in [0.717, 1.165) is 33.3 Å². The van der Waals surface area contributed by atoms with Crippen LogP contribution in [-0.4, -0.2) is 10.5 Å². The SMILES string of the molecule is Cc1c(/C=C(\C#N)C(=O)N[C@@H](C)c2ccccc2)c2ccccc2n1Cc1ccc(Cl)cc1. The number of fused-ring (bicyclic) bond motifs is 1. The maximum absolute atomic E-state index is 12.9. The van der Waals surface area contributed by atoms with Gasteiger partial charge in [-0.3, -0.25) is 4.79 Å². The Morgan fingerprint density at radius 1 is 1.06 bits per heavy atom. The van der Waals surface area contributed by atoms with Crippen LogP contribution in [0, 0.1) is 18.3 Å². The number of carbonyl (C=O) groups excluding carboxylic acids is 1. The summed E-state index contributed by atoms with van der Waals surface area (Å²) in [7, 11) is 0. The van der Waals surface area contributed by atoms with Crippen molar-refractivity contribution in [2.24, 2.45) is 0 Å². The Hall–Kier alpha value is -3.81. The van der Waals surface area contributed by atoms with E-state index in [0.29, 0.717) is 11.6 Å². The molecular formula is C28H24ClN3O. The minimum Gasteiger partial charge on any atom is -0.345 e. The first-order valence-electron chi connectivity index (χ1n) is 10.8. The van der Waals surface area contributed by atoms with Crippen LogP contribution >= 0.6 is 11.6 Å². The van der Waals surface area contributed by atoms with Gasteiger partial charge in [-0.2, -0.15) is 5.26 Å². The predicted molar refractivity (Wildman–Crippen MR) is 134 cm³/mol. The molecule has 0 spiro atoms. The molecule has 5 heteroatoms. The second kappa shape index (κ2) is 9.77. The summed E-state index contributed by atoms with van der Waals surface area (Å²) in [6.45, 7) is 4.59. The van der Waals surface area contributed by atoms with Gasteiger partial charge < -0.3 is 9.88 Å². The number of nitriles is 1. The number of carbonyl (C=O) groups is 1. The molecule has 0 fully saturated rings. The predicted octanol–water partition coefficient (Wildman–Crippen LogP) is 6.44. The second-order valence-corrected chi connectivity index (χ2v) is 8.44. The number of nitrogens with zero attached hydrogens (tertiary/aromatic N) is 2. The quantitative estimate of drug-likeness (QED) is 0.270. The molecule has 4 aromatic rings. The van der Waals surface area contributed by atoms with Gasteiger partial charge in [-0.1, -0.05) is 72.3 Å². The van der Waals surface area contributed by atoms with Gasteiger partial charge in [0.25, 0.3) is 5.91 Å². The Morgan fingerprint density at radius 3 is 2.42 bits per heavy atom. The van der Waals surface area contributed by atoms with Crippen molar-refractivity contribution < 1.29 is 4.79 Å². The lowest BCUT2D eigenvalue weighted by atomic mass is 10.1. The van der Waals surface area contributed by atoms with Crippen molar-refractivity contribution in [2.75, 3.05) is 0 Å². The monoisotopic (exact) mass is 453 g/mol. The minimum absolute atomic E-state index is 0.0790. The third-order valence-corrected chi connectivity index (χ3v) is 6.09. The highest BCUT2D eigenvalue weighted by Crippen LogP contribution is 2.29. The number of aromatic nitrogens is 1. The van der Waals surface area contributed by atoms with Gasteiger partial charge in [0.15, 0.2) is 0 Å². The van der Waals surface area contributed by atoms with E-state index >= 15 is 0 Å². The average molecular weight is 454 g/mol. The van der Waals surface area contributed by atoms with Gasteiger partial charge >= 0.3 is 0 Å². The molecule has 0 aliphatic rings. The summed E-state index contributed by atoms with van der Waals surface area (Å²) >= 11 is 6.04. The van der Waals surface area contributed by atoms with Gasteiger partial charge in [0.2, 0.25) is 0 Å². The summed E-state index contributed by atoms with van der Waals surface area (Å²) in [5.74, 6) is -0.386. The molecule has 0 radical (unpaired) electrons. The smallest absolute Gasteiger partial charge is 0.262 e. The fourth-order valence-corrected chi connectivity index (χ4v) is 4.13. The lowest BCUT2D eigenvalue weighted by Gasteiger charge is -2.13. The average Bonchev–Trinajstić information content (AvgIpc) is 3.10. The number of para-hydroxylation sites is 1. The molecule has 0 saturated heterocycles. The van der Waals surface area contributed by atoms with Gasteiger partial charge in [0, 0.05) is 33.7 Å². The number of rotatable bonds is 6. The summed E-state index contributed by atoms with van der Waals surface area (Å²) in [4.78, 5) is 12.9. The van der Waals surface area contributed by atoms with E-state index in [1.807, 2.05) is 86.6 Å². The van der Waals surface area contributed by atoms with Crippen LogP contribution in [0.2, 0.25) is 5.02 Å². The minimum atomic E-state index is -0.386. The number of halogens is 1. The van der Waals surface area contributed by atoms with Crippen LogP contribution in [0.15, 0.2) is 84.4 Å². The molecular weight excluding hydrogens is 430 g/mol. The summed E-state index contributed by atoms with van der Waals surface area (Å²) in [6.07, 6.45) is 1.70. The molecule has 1 heterocycles. The first-order chi connectivity index (χ1) is 16.0. The molecule has 164 valence electrons. The molecule has 1 N–H and O–H groups in total. The number of amides is 1. The fourth-order valence-electron chi connectivity index (χ4n) is 4.01. The van der Waals surface area contributed by atoms with E-state index in [4.69, 9.17) is 11.6 Å². The van der Waals surface area contributed by atoms with E-state index < -0.39 is 0 Å². The molecule has 33 heavy (non-hydrogen) atoms. The first-order valence-corrected chi connectivity index (χ1v) is 11.2. The summed E-state index contributed by atoms with van der Waals surface area (Å²) < 4.78 is 2.20.